The van der Waals surface area contributed by atoms with Crippen molar-refractivity contribution in [2.24, 2.45) is 0 Å². The van der Waals surface area contributed by atoms with E-state index in [0.29, 0.717) is 5.13 Å². The monoisotopic (exact) mass is 252 g/mol. The van der Waals surface area contributed by atoms with Gasteiger partial charge < -0.3 is 5.11 Å². The first-order valence-corrected chi connectivity index (χ1v) is 5.77. The van der Waals surface area contributed by atoms with E-state index >= 15 is 0 Å². The molecule has 0 aliphatic heterocycles. The fraction of sp³-hybridized carbons (Fsp3) is 0.400. The third-order valence-electron chi connectivity index (χ3n) is 2.11. The highest BCUT2D eigenvalue weighted by Gasteiger charge is 2.20. The summed E-state index contributed by atoms with van der Waals surface area (Å²) in [6.45, 7) is 6.07. The Morgan fingerprint density at radius 1 is 1.47 bits per heavy atom. The average molecular weight is 252 g/mol. The highest BCUT2D eigenvalue weighted by atomic mass is 32.1. The first-order valence-electron chi connectivity index (χ1n) is 5.00. The smallest absolute Gasteiger partial charge is 0.356 e. The lowest BCUT2D eigenvalue weighted by molar-refractivity contribution is 0.0691. The molecule has 0 radical (unpaired) electrons. The molecule has 0 amide bonds. The van der Waals surface area contributed by atoms with Crippen LogP contribution in [0.4, 0.5) is 0 Å². The minimum absolute atomic E-state index is 0.00231. The Labute approximate surface area is 102 Å². The minimum Gasteiger partial charge on any atom is -0.476 e. The molecule has 0 spiro atoms. The van der Waals surface area contributed by atoms with E-state index in [1.807, 2.05) is 20.8 Å². The number of rotatable bonds is 2. The van der Waals surface area contributed by atoms with Crippen molar-refractivity contribution < 1.29 is 9.90 Å². The van der Waals surface area contributed by atoms with Crippen molar-refractivity contribution in [3.63, 3.8) is 0 Å². The Bertz CT molecular complexity index is 553. The number of carboxylic acid groups (broad SMARTS) is 1. The van der Waals surface area contributed by atoms with Crippen LogP contribution < -0.4 is 0 Å². The van der Waals surface area contributed by atoms with Crippen LogP contribution in [-0.4, -0.2) is 30.0 Å². The lowest BCUT2D eigenvalue weighted by Crippen LogP contribution is -2.13. The van der Waals surface area contributed by atoms with Crippen LogP contribution in [0, 0.1) is 0 Å². The van der Waals surface area contributed by atoms with E-state index in [0.717, 1.165) is 5.82 Å². The molecule has 7 heteroatoms. The predicted molar refractivity (Wildman–Crippen MR) is 62.7 cm³/mol. The topological polar surface area (TPSA) is 80.9 Å². The van der Waals surface area contributed by atoms with Gasteiger partial charge in [0.2, 0.25) is 5.13 Å². The van der Waals surface area contributed by atoms with Crippen LogP contribution in [0.5, 0.6) is 0 Å². The van der Waals surface area contributed by atoms with Crippen LogP contribution in [0.15, 0.2) is 12.5 Å². The molecule has 6 nitrogen and oxygen atoms in total. The second-order valence-electron chi connectivity index (χ2n) is 4.62. The van der Waals surface area contributed by atoms with Crippen molar-refractivity contribution in [3.05, 3.63) is 24.0 Å². The van der Waals surface area contributed by atoms with E-state index in [-0.39, 0.29) is 11.1 Å². The summed E-state index contributed by atoms with van der Waals surface area (Å²) in [5.74, 6) is -0.313. The van der Waals surface area contributed by atoms with E-state index in [9.17, 15) is 4.79 Å². The molecule has 1 N–H and O–H groups in total. The average Bonchev–Trinajstić information content (AvgIpc) is 2.85. The molecule has 0 bridgehead atoms. The van der Waals surface area contributed by atoms with Crippen LogP contribution in [0.3, 0.4) is 0 Å². The molecule has 0 aliphatic rings. The molecular weight excluding hydrogens is 240 g/mol. The van der Waals surface area contributed by atoms with Gasteiger partial charge in [-0.2, -0.15) is 4.37 Å². The van der Waals surface area contributed by atoms with Gasteiger partial charge in [0.15, 0.2) is 5.69 Å². The van der Waals surface area contributed by atoms with Gasteiger partial charge in [-0.3, -0.25) is 4.57 Å². The fourth-order valence-electron chi connectivity index (χ4n) is 1.16. The summed E-state index contributed by atoms with van der Waals surface area (Å²) in [5, 5.41) is 9.39. The van der Waals surface area contributed by atoms with Gasteiger partial charge in [-0.05, 0) is 0 Å². The molecule has 0 atom stereocenters. The van der Waals surface area contributed by atoms with Crippen molar-refractivity contribution in [1.29, 1.82) is 0 Å². The molecule has 17 heavy (non-hydrogen) atoms. The number of hydrogen-bond donors (Lipinski definition) is 1. The molecule has 0 saturated heterocycles. The summed E-state index contributed by atoms with van der Waals surface area (Å²) in [6.07, 6.45) is 2.85. The molecule has 2 aromatic heterocycles. The number of aromatic nitrogens is 4. The van der Waals surface area contributed by atoms with Gasteiger partial charge in [0.1, 0.15) is 12.2 Å². The fourth-order valence-corrected chi connectivity index (χ4v) is 1.97. The van der Waals surface area contributed by atoms with Gasteiger partial charge in [0.05, 0.1) is 0 Å². The highest BCUT2D eigenvalue weighted by molar-refractivity contribution is 7.08. The van der Waals surface area contributed by atoms with Crippen LogP contribution in [0.2, 0.25) is 0 Å². The predicted octanol–water partition coefficient (Wildman–Crippen LogP) is 1.72. The highest BCUT2D eigenvalue weighted by Crippen LogP contribution is 2.22. The van der Waals surface area contributed by atoms with Crippen LogP contribution in [0.25, 0.3) is 5.13 Å². The SMILES string of the molecule is CC(C)(C)c1nsc(-n2cnc(C(=O)O)c2)n1. The Kier molecular flexibility index (Phi) is 2.70. The van der Waals surface area contributed by atoms with Crippen molar-refractivity contribution in [1.82, 2.24) is 18.9 Å². The first kappa shape index (κ1) is 11.7. The first-order chi connectivity index (χ1) is 7.88. The van der Waals surface area contributed by atoms with E-state index in [2.05, 4.69) is 14.3 Å². The molecule has 2 rings (SSSR count). The molecule has 0 fully saturated rings. The minimum atomic E-state index is -1.05. The maximum Gasteiger partial charge on any atom is 0.356 e. The Hall–Kier alpha value is -1.76. The zero-order valence-corrected chi connectivity index (χ0v) is 10.5. The van der Waals surface area contributed by atoms with Gasteiger partial charge in [-0.1, -0.05) is 20.8 Å². The Morgan fingerprint density at radius 3 is 2.65 bits per heavy atom. The lowest BCUT2D eigenvalue weighted by atomic mass is 9.96. The molecule has 90 valence electrons. The van der Waals surface area contributed by atoms with Gasteiger partial charge in [0, 0.05) is 23.1 Å². The van der Waals surface area contributed by atoms with E-state index < -0.39 is 5.97 Å². The van der Waals surface area contributed by atoms with Crippen LogP contribution in [-0.2, 0) is 5.41 Å². The molecule has 0 aliphatic carbocycles. The summed E-state index contributed by atoms with van der Waals surface area (Å²) in [7, 11) is 0. The summed E-state index contributed by atoms with van der Waals surface area (Å²) >= 11 is 1.22. The normalized spacial score (nSPS) is 11.7. The van der Waals surface area contributed by atoms with E-state index in [1.54, 1.807) is 4.57 Å². The van der Waals surface area contributed by atoms with E-state index in [4.69, 9.17) is 5.11 Å². The summed E-state index contributed by atoms with van der Waals surface area (Å²) in [6, 6.07) is 0. The molecule has 2 aromatic rings. The lowest BCUT2D eigenvalue weighted by Gasteiger charge is -2.12. The maximum atomic E-state index is 10.7. The second kappa shape index (κ2) is 3.92. The van der Waals surface area contributed by atoms with Crippen molar-refractivity contribution in [3.8, 4) is 5.13 Å². The van der Waals surface area contributed by atoms with Crippen molar-refractivity contribution in [2.75, 3.05) is 0 Å². The second-order valence-corrected chi connectivity index (χ2v) is 5.35. The van der Waals surface area contributed by atoms with Gasteiger partial charge in [-0.25, -0.2) is 14.8 Å². The summed E-state index contributed by atoms with van der Waals surface area (Å²) in [5.41, 5.74) is -0.122. The van der Waals surface area contributed by atoms with E-state index in [1.165, 1.54) is 24.1 Å². The number of carbonyl (C=O) groups is 1. The zero-order chi connectivity index (χ0) is 12.6. The maximum absolute atomic E-state index is 10.7. The standard InChI is InChI=1S/C10H12N4O2S/c1-10(2,3)8-12-9(17-13-8)14-4-6(7(15)16)11-5-14/h4-5H,1-3H3,(H,15,16). The number of carboxylic acids is 1. The van der Waals surface area contributed by atoms with Gasteiger partial charge >= 0.3 is 5.97 Å². The van der Waals surface area contributed by atoms with Gasteiger partial charge in [0.25, 0.3) is 0 Å². The summed E-state index contributed by atoms with van der Waals surface area (Å²) < 4.78 is 5.82. The van der Waals surface area contributed by atoms with Gasteiger partial charge in [-0.15, -0.1) is 0 Å². The molecule has 0 saturated carbocycles. The zero-order valence-electron chi connectivity index (χ0n) is 9.71. The number of imidazole rings is 1. The van der Waals surface area contributed by atoms with Crippen molar-refractivity contribution in [2.45, 2.75) is 26.2 Å². The van der Waals surface area contributed by atoms with Crippen LogP contribution >= 0.6 is 11.5 Å². The Morgan fingerprint density at radius 2 is 2.18 bits per heavy atom. The molecule has 2 heterocycles. The third-order valence-corrected chi connectivity index (χ3v) is 2.84. The van der Waals surface area contributed by atoms with Crippen molar-refractivity contribution >= 4 is 17.5 Å². The quantitative estimate of drug-likeness (QED) is 0.880. The molecular formula is C10H12N4O2S. The number of aromatic carboxylic acids is 1. The molecule has 0 aromatic carbocycles. The number of nitrogens with zero attached hydrogens (tertiary/aromatic N) is 4. The third kappa shape index (κ3) is 2.33. The van der Waals surface area contributed by atoms with Crippen LogP contribution in [0.1, 0.15) is 37.1 Å². The summed E-state index contributed by atoms with van der Waals surface area (Å²) in [4.78, 5) is 18.8. The molecule has 0 unspecified atom stereocenters. The number of hydrogen-bond acceptors (Lipinski definition) is 5. The largest absolute Gasteiger partial charge is 0.476 e. The Balaban J connectivity index is 2.34.